The summed E-state index contributed by atoms with van der Waals surface area (Å²) in [4.78, 5) is 11.6. The first-order valence-electron chi connectivity index (χ1n) is 6.52. The van der Waals surface area contributed by atoms with E-state index in [1.807, 2.05) is 0 Å². The number of nitrogens with zero attached hydrogens (tertiary/aromatic N) is 1. The quantitative estimate of drug-likeness (QED) is 0.658. The third kappa shape index (κ3) is 5.10. The monoisotopic (exact) mass is 318 g/mol. The number of benzene rings is 2. The fourth-order valence-corrected chi connectivity index (χ4v) is 1.71. The van der Waals surface area contributed by atoms with E-state index in [-0.39, 0.29) is 12.5 Å². The third-order valence-electron chi connectivity index (χ3n) is 2.70. The van der Waals surface area contributed by atoms with Crippen LogP contribution in [0.5, 0.6) is 11.5 Å². The molecule has 2 aromatic carbocycles. The first-order valence-corrected chi connectivity index (χ1v) is 6.89. The van der Waals surface area contributed by atoms with Crippen molar-refractivity contribution in [1.29, 1.82) is 0 Å². The van der Waals surface area contributed by atoms with Crippen molar-refractivity contribution in [1.82, 2.24) is 5.43 Å². The van der Waals surface area contributed by atoms with Crippen molar-refractivity contribution in [3.05, 3.63) is 59.1 Å². The van der Waals surface area contributed by atoms with Gasteiger partial charge < -0.3 is 9.47 Å². The minimum atomic E-state index is -0.346. The predicted octanol–water partition coefficient (Wildman–Crippen LogP) is 2.88. The topological polar surface area (TPSA) is 59.9 Å². The molecule has 0 heterocycles. The first kappa shape index (κ1) is 15.9. The normalized spacial score (nSPS) is 10.5. The highest BCUT2D eigenvalue weighted by Crippen LogP contribution is 2.16. The summed E-state index contributed by atoms with van der Waals surface area (Å²) < 4.78 is 10.4. The molecule has 0 aliphatic heterocycles. The zero-order valence-electron chi connectivity index (χ0n) is 12.0. The SMILES string of the molecule is COc1ccc(OCC(=O)N/N=C/c2ccc(Cl)cc2)cc1. The molecule has 0 saturated heterocycles. The Balaban J connectivity index is 1.76. The van der Waals surface area contributed by atoms with E-state index in [1.54, 1.807) is 55.6 Å². The summed E-state index contributed by atoms with van der Waals surface area (Å²) in [6.07, 6.45) is 1.53. The Morgan fingerprint density at radius 2 is 1.77 bits per heavy atom. The van der Waals surface area contributed by atoms with E-state index in [0.717, 1.165) is 11.3 Å². The van der Waals surface area contributed by atoms with Crippen molar-refractivity contribution in [2.75, 3.05) is 13.7 Å². The van der Waals surface area contributed by atoms with Gasteiger partial charge in [-0.1, -0.05) is 23.7 Å². The standard InChI is InChI=1S/C16H15ClN2O3/c1-21-14-6-8-15(9-7-14)22-11-16(20)19-18-10-12-2-4-13(17)5-3-12/h2-10H,11H2,1H3,(H,19,20)/b18-10+. The number of amides is 1. The van der Waals surface area contributed by atoms with E-state index >= 15 is 0 Å². The van der Waals surface area contributed by atoms with Gasteiger partial charge in [-0.3, -0.25) is 4.79 Å². The van der Waals surface area contributed by atoms with Crippen molar-refractivity contribution < 1.29 is 14.3 Å². The Bertz CT molecular complexity index is 639. The van der Waals surface area contributed by atoms with E-state index in [2.05, 4.69) is 10.5 Å². The molecule has 22 heavy (non-hydrogen) atoms. The van der Waals surface area contributed by atoms with E-state index in [1.165, 1.54) is 6.21 Å². The Hall–Kier alpha value is -2.53. The molecule has 1 amide bonds. The maximum absolute atomic E-state index is 11.6. The van der Waals surface area contributed by atoms with Crippen molar-refractivity contribution in [3.63, 3.8) is 0 Å². The maximum Gasteiger partial charge on any atom is 0.277 e. The molecule has 0 aromatic heterocycles. The van der Waals surface area contributed by atoms with Crippen LogP contribution in [0.2, 0.25) is 5.02 Å². The van der Waals surface area contributed by atoms with Gasteiger partial charge in [0.05, 0.1) is 13.3 Å². The smallest absolute Gasteiger partial charge is 0.277 e. The lowest BCUT2D eigenvalue weighted by molar-refractivity contribution is -0.123. The lowest BCUT2D eigenvalue weighted by atomic mass is 10.2. The average Bonchev–Trinajstić information content (AvgIpc) is 2.55. The number of hydrogen-bond donors (Lipinski definition) is 1. The van der Waals surface area contributed by atoms with Gasteiger partial charge in [0.1, 0.15) is 11.5 Å². The second kappa shape index (κ2) is 8.05. The molecule has 0 aliphatic rings. The van der Waals surface area contributed by atoms with Crippen LogP contribution in [0.3, 0.4) is 0 Å². The summed E-state index contributed by atoms with van der Waals surface area (Å²) in [7, 11) is 1.59. The molecule has 0 atom stereocenters. The Labute approximate surface area is 133 Å². The highest BCUT2D eigenvalue weighted by Gasteiger charge is 2.01. The van der Waals surface area contributed by atoms with Crippen LogP contribution >= 0.6 is 11.6 Å². The van der Waals surface area contributed by atoms with Crippen LogP contribution in [0.1, 0.15) is 5.56 Å². The second-order valence-corrected chi connectivity index (χ2v) is 4.75. The highest BCUT2D eigenvalue weighted by atomic mass is 35.5. The van der Waals surface area contributed by atoms with Crippen LogP contribution in [0, 0.1) is 0 Å². The molecule has 0 spiro atoms. The summed E-state index contributed by atoms with van der Waals surface area (Å²) in [6.45, 7) is -0.121. The van der Waals surface area contributed by atoms with Crippen LogP contribution in [0.25, 0.3) is 0 Å². The summed E-state index contributed by atoms with van der Waals surface area (Å²) in [5.74, 6) is 0.961. The molecule has 114 valence electrons. The number of carbonyl (C=O) groups excluding carboxylic acids is 1. The molecule has 0 bridgehead atoms. The largest absolute Gasteiger partial charge is 0.497 e. The van der Waals surface area contributed by atoms with Gasteiger partial charge in [-0.15, -0.1) is 0 Å². The lowest BCUT2D eigenvalue weighted by Gasteiger charge is -2.05. The number of carbonyl (C=O) groups is 1. The Morgan fingerprint density at radius 1 is 1.14 bits per heavy atom. The van der Waals surface area contributed by atoms with Gasteiger partial charge in [-0.05, 0) is 42.0 Å². The fourth-order valence-electron chi connectivity index (χ4n) is 1.58. The predicted molar refractivity (Wildman–Crippen MR) is 85.7 cm³/mol. The molecule has 0 aliphatic carbocycles. The fraction of sp³-hybridized carbons (Fsp3) is 0.125. The lowest BCUT2D eigenvalue weighted by Crippen LogP contribution is -2.24. The van der Waals surface area contributed by atoms with Gasteiger partial charge in [-0.2, -0.15) is 5.10 Å². The Morgan fingerprint density at radius 3 is 2.41 bits per heavy atom. The zero-order valence-corrected chi connectivity index (χ0v) is 12.7. The van der Waals surface area contributed by atoms with Crippen molar-refractivity contribution in [3.8, 4) is 11.5 Å². The number of rotatable bonds is 6. The van der Waals surface area contributed by atoms with Gasteiger partial charge in [0, 0.05) is 5.02 Å². The van der Waals surface area contributed by atoms with Crippen LogP contribution in [0.15, 0.2) is 53.6 Å². The molecular weight excluding hydrogens is 304 g/mol. The molecule has 0 fully saturated rings. The van der Waals surface area contributed by atoms with Gasteiger partial charge in [0.15, 0.2) is 6.61 Å². The highest BCUT2D eigenvalue weighted by molar-refractivity contribution is 6.30. The first-order chi connectivity index (χ1) is 10.7. The molecule has 0 saturated carbocycles. The second-order valence-electron chi connectivity index (χ2n) is 4.31. The van der Waals surface area contributed by atoms with Crippen LogP contribution < -0.4 is 14.9 Å². The number of hydrogen-bond acceptors (Lipinski definition) is 4. The number of nitrogens with one attached hydrogen (secondary N) is 1. The summed E-state index contributed by atoms with van der Waals surface area (Å²) in [5.41, 5.74) is 3.22. The van der Waals surface area contributed by atoms with Gasteiger partial charge in [-0.25, -0.2) is 5.43 Å². The minimum Gasteiger partial charge on any atom is -0.497 e. The number of methoxy groups -OCH3 is 1. The van der Waals surface area contributed by atoms with Crippen LogP contribution in [0.4, 0.5) is 0 Å². The van der Waals surface area contributed by atoms with E-state index in [4.69, 9.17) is 21.1 Å². The van der Waals surface area contributed by atoms with Gasteiger partial charge >= 0.3 is 0 Å². The maximum atomic E-state index is 11.6. The van der Waals surface area contributed by atoms with E-state index in [0.29, 0.717) is 10.8 Å². The summed E-state index contributed by atoms with van der Waals surface area (Å²) >= 11 is 5.78. The zero-order chi connectivity index (χ0) is 15.8. The molecule has 6 heteroatoms. The molecule has 0 radical (unpaired) electrons. The van der Waals surface area contributed by atoms with Crippen molar-refractivity contribution in [2.24, 2.45) is 5.10 Å². The summed E-state index contributed by atoms with van der Waals surface area (Å²) in [6, 6.07) is 14.1. The number of halogens is 1. The van der Waals surface area contributed by atoms with E-state index < -0.39 is 0 Å². The molecule has 1 N–H and O–H groups in total. The minimum absolute atomic E-state index is 0.121. The molecule has 5 nitrogen and oxygen atoms in total. The van der Waals surface area contributed by atoms with Crippen LogP contribution in [-0.2, 0) is 4.79 Å². The van der Waals surface area contributed by atoms with Gasteiger partial charge in [0.2, 0.25) is 0 Å². The third-order valence-corrected chi connectivity index (χ3v) is 2.95. The molecule has 0 unspecified atom stereocenters. The molecule has 2 aromatic rings. The molecular formula is C16H15ClN2O3. The number of ether oxygens (including phenoxy) is 2. The number of hydrazone groups is 1. The van der Waals surface area contributed by atoms with Gasteiger partial charge in [0.25, 0.3) is 5.91 Å². The Kier molecular flexibility index (Phi) is 5.80. The van der Waals surface area contributed by atoms with Crippen LogP contribution in [-0.4, -0.2) is 25.8 Å². The van der Waals surface area contributed by atoms with Crippen molar-refractivity contribution >= 4 is 23.7 Å². The van der Waals surface area contributed by atoms with Crippen molar-refractivity contribution in [2.45, 2.75) is 0 Å². The molecule has 2 rings (SSSR count). The average molecular weight is 319 g/mol. The summed E-state index contributed by atoms with van der Waals surface area (Å²) in [5, 5.41) is 4.49. The van der Waals surface area contributed by atoms with E-state index in [9.17, 15) is 4.79 Å².